The van der Waals surface area contributed by atoms with Crippen molar-refractivity contribution in [1.82, 2.24) is 9.99 Å². The van der Waals surface area contributed by atoms with Gasteiger partial charge in [-0.2, -0.15) is 5.10 Å². The van der Waals surface area contributed by atoms with E-state index >= 15 is 0 Å². The van der Waals surface area contributed by atoms with Crippen LogP contribution in [0.3, 0.4) is 0 Å². The third-order valence-corrected chi connectivity index (χ3v) is 4.34. The molecule has 0 radical (unpaired) electrons. The van der Waals surface area contributed by atoms with Gasteiger partial charge in [-0.15, -0.1) is 0 Å². The predicted octanol–water partition coefficient (Wildman–Crippen LogP) is 3.47. The van der Waals surface area contributed by atoms with E-state index in [0.717, 1.165) is 5.69 Å². The van der Waals surface area contributed by atoms with E-state index in [1.165, 1.54) is 6.21 Å². The average molecular weight is 442 g/mol. The number of hydrazone groups is 1. The molecule has 0 unspecified atom stereocenters. The van der Waals surface area contributed by atoms with Gasteiger partial charge in [-0.1, -0.05) is 12.1 Å². The average Bonchev–Trinajstić information content (AvgIpc) is 3.22. The van der Waals surface area contributed by atoms with Crippen molar-refractivity contribution in [2.45, 2.75) is 0 Å². The highest BCUT2D eigenvalue weighted by atomic mass is 79.9. The molecular formula is C20H16BrN3O4. The Hall–Kier alpha value is -3.39. The number of hydrogen-bond acceptors (Lipinski definition) is 4. The number of nitrogens with zero attached hydrogens (tertiary/aromatic N) is 2. The summed E-state index contributed by atoms with van der Waals surface area (Å²) < 4.78 is 7.58. The Kier molecular flexibility index (Phi) is 6.23. The van der Waals surface area contributed by atoms with Crippen LogP contribution in [0.1, 0.15) is 15.9 Å². The fourth-order valence-electron chi connectivity index (χ4n) is 2.47. The molecule has 0 saturated heterocycles. The number of ether oxygens (including phenoxy) is 1. The standard InChI is InChI=1S/C20H16BrN3O4/c21-16-11-14(7-8-18(16)28-13-19(25)26)12-22-23-20(27)15-5-1-2-6-17(15)24-9-3-4-10-24/h1-12H,13H2,(H,23,27)(H,25,26)/b22-12-. The predicted molar refractivity (Wildman–Crippen MR) is 108 cm³/mol. The van der Waals surface area contributed by atoms with Gasteiger partial charge in [0.2, 0.25) is 0 Å². The lowest BCUT2D eigenvalue weighted by atomic mass is 10.1. The van der Waals surface area contributed by atoms with Crippen molar-refractivity contribution in [3.8, 4) is 11.4 Å². The zero-order chi connectivity index (χ0) is 19.9. The molecule has 3 rings (SSSR count). The number of nitrogens with one attached hydrogen (secondary N) is 1. The molecule has 0 atom stereocenters. The van der Waals surface area contributed by atoms with Gasteiger partial charge in [-0.3, -0.25) is 4.79 Å². The number of carbonyl (C=O) groups excluding carboxylic acids is 1. The van der Waals surface area contributed by atoms with Crippen LogP contribution in [0, 0.1) is 0 Å². The number of carboxylic acid groups (broad SMARTS) is 1. The molecule has 0 fully saturated rings. The topological polar surface area (TPSA) is 92.9 Å². The first-order valence-electron chi connectivity index (χ1n) is 8.24. The molecule has 0 bridgehead atoms. The minimum Gasteiger partial charge on any atom is -0.481 e. The normalized spacial score (nSPS) is 10.8. The van der Waals surface area contributed by atoms with Gasteiger partial charge in [0.15, 0.2) is 6.61 Å². The molecule has 142 valence electrons. The van der Waals surface area contributed by atoms with E-state index in [0.29, 0.717) is 21.3 Å². The summed E-state index contributed by atoms with van der Waals surface area (Å²) in [6.45, 7) is -0.428. The molecule has 1 amide bonds. The molecule has 0 aliphatic heterocycles. The van der Waals surface area contributed by atoms with E-state index in [4.69, 9.17) is 9.84 Å². The zero-order valence-electron chi connectivity index (χ0n) is 14.6. The Morgan fingerprint density at radius 3 is 2.61 bits per heavy atom. The Bertz CT molecular complexity index is 1020. The van der Waals surface area contributed by atoms with Crippen molar-refractivity contribution in [3.05, 3.63) is 82.6 Å². The van der Waals surface area contributed by atoms with Crippen LogP contribution in [-0.2, 0) is 4.79 Å². The summed E-state index contributed by atoms with van der Waals surface area (Å²) in [7, 11) is 0. The summed E-state index contributed by atoms with van der Waals surface area (Å²) in [5.74, 6) is -0.981. The lowest BCUT2D eigenvalue weighted by Crippen LogP contribution is -2.19. The number of hydrogen-bond donors (Lipinski definition) is 2. The Balaban J connectivity index is 1.68. The molecule has 28 heavy (non-hydrogen) atoms. The SMILES string of the molecule is O=C(O)COc1ccc(/C=N\NC(=O)c2ccccc2-n2cccc2)cc1Br. The Labute approximate surface area is 169 Å². The van der Waals surface area contributed by atoms with Gasteiger partial charge >= 0.3 is 5.97 Å². The maximum Gasteiger partial charge on any atom is 0.341 e. The van der Waals surface area contributed by atoms with E-state index in [1.54, 1.807) is 30.3 Å². The number of para-hydroxylation sites is 1. The number of benzene rings is 2. The second kappa shape index (κ2) is 9.01. The maximum absolute atomic E-state index is 12.5. The number of carboxylic acids is 1. The highest BCUT2D eigenvalue weighted by Gasteiger charge is 2.11. The largest absolute Gasteiger partial charge is 0.481 e. The maximum atomic E-state index is 12.5. The van der Waals surface area contributed by atoms with Crippen LogP contribution in [0.4, 0.5) is 0 Å². The van der Waals surface area contributed by atoms with Crippen LogP contribution in [0.5, 0.6) is 5.75 Å². The monoisotopic (exact) mass is 441 g/mol. The highest BCUT2D eigenvalue weighted by Crippen LogP contribution is 2.25. The molecule has 7 nitrogen and oxygen atoms in total. The summed E-state index contributed by atoms with van der Waals surface area (Å²) in [4.78, 5) is 23.1. The van der Waals surface area contributed by atoms with Gasteiger partial charge in [-0.25, -0.2) is 10.2 Å². The van der Waals surface area contributed by atoms with E-state index < -0.39 is 12.6 Å². The zero-order valence-corrected chi connectivity index (χ0v) is 16.2. The number of aliphatic carboxylic acids is 1. The third-order valence-electron chi connectivity index (χ3n) is 3.72. The molecule has 3 aromatic rings. The molecular weight excluding hydrogens is 426 g/mol. The Morgan fingerprint density at radius 2 is 1.89 bits per heavy atom. The Morgan fingerprint density at radius 1 is 1.14 bits per heavy atom. The number of halogens is 1. The molecule has 0 aliphatic carbocycles. The van der Waals surface area contributed by atoms with E-state index in [9.17, 15) is 9.59 Å². The van der Waals surface area contributed by atoms with Crippen molar-refractivity contribution in [3.63, 3.8) is 0 Å². The molecule has 0 spiro atoms. The van der Waals surface area contributed by atoms with Crippen molar-refractivity contribution < 1.29 is 19.4 Å². The summed E-state index contributed by atoms with van der Waals surface area (Å²) in [5.41, 5.74) is 4.47. The van der Waals surface area contributed by atoms with Crippen LogP contribution in [-0.4, -0.2) is 34.4 Å². The molecule has 2 N–H and O–H groups in total. The van der Waals surface area contributed by atoms with E-state index in [1.807, 2.05) is 41.2 Å². The van der Waals surface area contributed by atoms with Gasteiger partial charge in [0.05, 0.1) is 21.9 Å². The van der Waals surface area contributed by atoms with Crippen LogP contribution >= 0.6 is 15.9 Å². The van der Waals surface area contributed by atoms with Gasteiger partial charge in [0, 0.05) is 12.4 Å². The highest BCUT2D eigenvalue weighted by molar-refractivity contribution is 9.10. The molecule has 0 aliphatic rings. The van der Waals surface area contributed by atoms with E-state index in [-0.39, 0.29) is 5.91 Å². The van der Waals surface area contributed by atoms with Crippen LogP contribution in [0.25, 0.3) is 5.69 Å². The van der Waals surface area contributed by atoms with Gasteiger partial charge < -0.3 is 14.4 Å². The van der Waals surface area contributed by atoms with Crippen molar-refractivity contribution in [2.75, 3.05) is 6.61 Å². The second-order valence-electron chi connectivity index (χ2n) is 5.68. The molecule has 2 aromatic carbocycles. The van der Waals surface area contributed by atoms with Crippen LogP contribution in [0.2, 0.25) is 0 Å². The number of carbonyl (C=O) groups is 2. The van der Waals surface area contributed by atoms with Crippen molar-refractivity contribution in [1.29, 1.82) is 0 Å². The summed E-state index contributed by atoms with van der Waals surface area (Å²) in [6, 6.07) is 16.0. The first kappa shape index (κ1) is 19.4. The van der Waals surface area contributed by atoms with Gasteiger partial charge in [0.1, 0.15) is 5.75 Å². The number of rotatable bonds is 7. The molecule has 1 heterocycles. The minimum absolute atomic E-state index is 0.332. The van der Waals surface area contributed by atoms with E-state index in [2.05, 4.69) is 26.5 Å². The lowest BCUT2D eigenvalue weighted by molar-refractivity contribution is -0.139. The van der Waals surface area contributed by atoms with Crippen molar-refractivity contribution in [2.24, 2.45) is 5.10 Å². The summed E-state index contributed by atoms with van der Waals surface area (Å²) >= 11 is 3.32. The third kappa shape index (κ3) is 4.86. The molecule has 8 heteroatoms. The van der Waals surface area contributed by atoms with Gasteiger partial charge in [0.25, 0.3) is 5.91 Å². The second-order valence-corrected chi connectivity index (χ2v) is 6.53. The quantitative estimate of drug-likeness (QED) is 0.433. The molecule has 0 saturated carbocycles. The fraction of sp³-hybridized carbons (Fsp3) is 0.0500. The van der Waals surface area contributed by atoms with Crippen molar-refractivity contribution >= 4 is 34.0 Å². The van der Waals surface area contributed by atoms with Gasteiger partial charge in [-0.05, 0) is 64.0 Å². The minimum atomic E-state index is -1.06. The smallest absolute Gasteiger partial charge is 0.341 e. The lowest BCUT2D eigenvalue weighted by Gasteiger charge is -2.09. The molecule has 1 aromatic heterocycles. The van der Waals surface area contributed by atoms with Crippen LogP contribution < -0.4 is 10.2 Å². The fourth-order valence-corrected chi connectivity index (χ4v) is 2.98. The summed E-state index contributed by atoms with van der Waals surface area (Å²) in [5, 5.41) is 12.7. The first-order valence-corrected chi connectivity index (χ1v) is 9.04. The van der Waals surface area contributed by atoms with Crippen LogP contribution in [0.15, 0.2) is 76.6 Å². The number of amides is 1. The first-order chi connectivity index (χ1) is 13.5. The summed E-state index contributed by atoms with van der Waals surface area (Å²) in [6.07, 6.45) is 5.21. The number of aromatic nitrogens is 1.